The lowest BCUT2D eigenvalue weighted by Crippen LogP contribution is -2.25. The maximum Gasteiger partial charge on any atom is 0.104 e. The third-order valence-corrected chi connectivity index (χ3v) is 24.9. The fourth-order valence-electron chi connectivity index (χ4n) is 17.0. The Morgan fingerprint density at radius 1 is 0.323 bits per heavy atom. The van der Waals surface area contributed by atoms with Crippen LogP contribution in [0.4, 0.5) is 0 Å². The molecule has 7 heteroatoms. The first kappa shape index (κ1) is 88.8. The fourth-order valence-corrected chi connectivity index (χ4v) is 17.0. The zero-order valence-electron chi connectivity index (χ0n) is 65.4. The molecule has 0 aromatic carbocycles. The van der Waals surface area contributed by atoms with Crippen LogP contribution in [-0.2, 0) is 14.2 Å². The van der Waals surface area contributed by atoms with Gasteiger partial charge in [-0.25, -0.2) is 0 Å². The highest BCUT2D eigenvalue weighted by Crippen LogP contribution is 2.42. The van der Waals surface area contributed by atoms with Crippen LogP contribution in [0.25, 0.3) is 0 Å². The number of hydrogen-bond donors (Lipinski definition) is 4. The van der Waals surface area contributed by atoms with Crippen molar-refractivity contribution in [2.45, 2.75) is 398 Å². The van der Waals surface area contributed by atoms with Crippen molar-refractivity contribution in [3.8, 4) is 0 Å². The fraction of sp³-hybridized carbons (Fsp3) is 1.00. The van der Waals surface area contributed by atoms with Gasteiger partial charge < -0.3 is 34.6 Å². The van der Waals surface area contributed by atoms with Gasteiger partial charge in [0.15, 0.2) is 0 Å². The van der Waals surface area contributed by atoms with E-state index in [1.807, 2.05) is 6.92 Å². The molecule has 0 amide bonds. The molecule has 7 nitrogen and oxygen atoms in total. The van der Waals surface area contributed by atoms with Crippen molar-refractivity contribution in [3.63, 3.8) is 0 Å². The third-order valence-electron chi connectivity index (χ3n) is 24.9. The van der Waals surface area contributed by atoms with Crippen molar-refractivity contribution >= 4 is 0 Å². The first-order valence-corrected chi connectivity index (χ1v) is 41.9. The van der Waals surface area contributed by atoms with Crippen molar-refractivity contribution in [1.82, 2.24) is 0 Å². The van der Waals surface area contributed by atoms with Crippen LogP contribution in [0.5, 0.6) is 0 Å². The molecule has 0 aliphatic heterocycles. The Kier molecular flexibility index (Phi) is 53.8. The summed E-state index contributed by atoms with van der Waals surface area (Å²) in [4.78, 5) is 0. The zero-order valence-corrected chi connectivity index (χ0v) is 65.4. The van der Waals surface area contributed by atoms with Crippen LogP contribution in [0, 0.1) is 101 Å². The molecule has 2 rings (SSSR count). The molecule has 0 aromatic heterocycles. The van der Waals surface area contributed by atoms with Crippen LogP contribution in [-0.4, -0.2) is 85.0 Å². The molecule has 0 aromatic rings. The van der Waals surface area contributed by atoms with Gasteiger partial charge >= 0.3 is 0 Å². The lowest BCUT2D eigenvalue weighted by Gasteiger charge is -2.23. The average molecular weight is 1320 g/mol. The van der Waals surface area contributed by atoms with Gasteiger partial charge in [0.2, 0.25) is 0 Å². The summed E-state index contributed by atoms with van der Waals surface area (Å²) in [6.07, 6.45) is 59.2. The largest absolute Gasteiger partial charge is 0.396 e. The minimum Gasteiger partial charge on any atom is -0.396 e. The number of aliphatic hydroxyl groups excluding tert-OH is 3. The molecule has 19 atom stereocenters. The normalized spacial score (nSPS) is 22.4. The van der Waals surface area contributed by atoms with Crippen LogP contribution in [0.1, 0.15) is 386 Å². The van der Waals surface area contributed by atoms with Crippen molar-refractivity contribution in [2.75, 3.05) is 52.9 Å². The highest BCUT2D eigenvalue weighted by Gasteiger charge is 2.30. The molecule has 0 radical (unpaired) electrons. The second-order valence-corrected chi connectivity index (χ2v) is 35.2. The monoisotopic (exact) mass is 1320 g/mol. The number of ether oxygens (including phenoxy) is 3. The van der Waals surface area contributed by atoms with Gasteiger partial charge in [0.25, 0.3) is 0 Å². The highest BCUT2D eigenvalue weighted by atomic mass is 16.5. The molecule has 2 aliphatic rings. The van der Waals surface area contributed by atoms with E-state index in [-0.39, 0.29) is 25.9 Å². The predicted molar refractivity (Wildman–Crippen MR) is 404 cm³/mol. The molecular weight excluding hydrogens is 1140 g/mol. The Bertz CT molecular complexity index is 1620. The van der Waals surface area contributed by atoms with Crippen LogP contribution in [0.15, 0.2) is 0 Å². The van der Waals surface area contributed by atoms with Crippen molar-refractivity contribution in [1.29, 1.82) is 0 Å². The lowest BCUT2D eigenvalue weighted by molar-refractivity contribution is -0.0471. The van der Waals surface area contributed by atoms with E-state index in [0.29, 0.717) is 31.5 Å². The molecule has 556 valence electrons. The number of aliphatic hydroxyl groups is 4. The van der Waals surface area contributed by atoms with E-state index in [4.69, 9.17) is 24.4 Å². The average Bonchev–Trinajstić information content (AvgIpc) is 2.36. The smallest absolute Gasteiger partial charge is 0.104 e. The molecule has 0 bridgehead atoms. The second-order valence-electron chi connectivity index (χ2n) is 35.2. The van der Waals surface area contributed by atoms with E-state index in [1.54, 1.807) is 0 Å². The molecule has 2 fully saturated rings. The van der Waals surface area contributed by atoms with Gasteiger partial charge in [0.05, 0.1) is 18.8 Å². The topological polar surface area (TPSA) is 109 Å². The lowest BCUT2D eigenvalue weighted by atomic mass is 9.85. The van der Waals surface area contributed by atoms with Crippen LogP contribution >= 0.6 is 0 Å². The van der Waals surface area contributed by atoms with Crippen molar-refractivity contribution in [2.24, 2.45) is 101 Å². The summed E-state index contributed by atoms with van der Waals surface area (Å²) >= 11 is 0. The maximum absolute atomic E-state index is 10.3. The zero-order chi connectivity index (χ0) is 68.5. The highest BCUT2D eigenvalue weighted by molar-refractivity contribution is 4.82. The minimum absolute atomic E-state index is 0.0403. The van der Waals surface area contributed by atoms with Crippen molar-refractivity contribution in [3.05, 3.63) is 0 Å². The van der Waals surface area contributed by atoms with Crippen LogP contribution < -0.4 is 0 Å². The first-order valence-electron chi connectivity index (χ1n) is 41.9. The van der Waals surface area contributed by atoms with Gasteiger partial charge in [-0.1, -0.05) is 315 Å². The molecule has 4 N–H and O–H groups in total. The first-order chi connectivity index (χ1) is 44.6. The maximum atomic E-state index is 10.3. The van der Waals surface area contributed by atoms with E-state index in [2.05, 4.69) is 90.0 Å². The third kappa shape index (κ3) is 49.0. The minimum atomic E-state index is -0.708. The molecule has 2 aliphatic carbocycles. The number of rotatable bonds is 66. The summed E-state index contributed by atoms with van der Waals surface area (Å²) < 4.78 is 17.9. The molecule has 0 spiro atoms. The Morgan fingerprint density at radius 3 is 1.01 bits per heavy atom. The van der Waals surface area contributed by atoms with Crippen LogP contribution in [0.3, 0.4) is 0 Å². The summed E-state index contributed by atoms with van der Waals surface area (Å²) in [7, 11) is 0. The standard InChI is InChI=1S/C86H170O7/c1-68(29-17-33-72(5)45-47-74(7)36-20-41-79(12)83-51-49-81(64-83)43-22-38-76(9)53-61-91-60-25-58-87)26-15-27-70(3)31-19-35-78(11)55-63-93-85(66-89)67-92-62-54-77(10)39-23-44-82-50-52-84(65-82)80(13)42-21-37-75(8)48-46-73(6)34-18-30-69(2)28-16-32-71(4)40-24-56-86(14,90)57-59-88/h68-85,87-90H,15-67H2,1-14H3. The SMILES string of the molecule is CC(CCCC(C)CCCC(C)CCC(C)CCCC(C)C1CCC(CCCC(C)CCOCCCO)C1)CCCC(C)CCOC(CO)COCCC(C)CCCC1CCC(C(C)CCCC(C)CCC(C)CCCC(C)CCCC(C)CCCC(C)(O)CCO)C1. The van der Waals surface area contributed by atoms with Gasteiger partial charge in [0, 0.05) is 39.6 Å². The van der Waals surface area contributed by atoms with E-state index >= 15 is 0 Å². The summed E-state index contributed by atoms with van der Waals surface area (Å²) in [6, 6.07) is 0. The van der Waals surface area contributed by atoms with E-state index in [1.165, 1.54) is 244 Å². The summed E-state index contributed by atoms with van der Waals surface area (Å²) in [5, 5.41) is 38.5. The number of hydrogen-bond acceptors (Lipinski definition) is 7. The molecule has 2 saturated carbocycles. The van der Waals surface area contributed by atoms with Crippen molar-refractivity contribution < 1.29 is 34.6 Å². The predicted octanol–water partition coefficient (Wildman–Crippen LogP) is 24.4. The van der Waals surface area contributed by atoms with Gasteiger partial charge in [-0.15, -0.1) is 0 Å². The van der Waals surface area contributed by atoms with Crippen LogP contribution in [0.2, 0.25) is 0 Å². The van der Waals surface area contributed by atoms with Gasteiger partial charge in [-0.2, -0.15) is 0 Å². The summed E-state index contributed by atoms with van der Waals surface area (Å²) in [5.74, 6) is 14.4. The van der Waals surface area contributed by atoms with E-state index < -0.39 is 5.60 Å². The molecule has 0 heterocycles. The van der Waals surface area contributed by atoms with Gasteiger partial charge in [-0.05, 0) is 172 Å². The molecule has 19 unspecified atom stereocenters. The summed E-state index contributed by atoms with van der Waals surface area (Å²) in [5.41, 5.74) is -0.708. The molecule has 0 saturated heterocycles. The molecular formula is C86H170O7. The second kappa shape index (κ2) is 56.4. The Balaban J connectivity index is 1.39. The molecule has 93 heavy (non-hydrogen) atoms. The summed E-state index contributed by atoms with van der Waals surface area (Å²) in [6.45, 7) is 38.0. The quantitative estimate of drug-likeness (QED) is 0.0449. The Labute approximate surface area is 582 Å². The van der Waals surface area contributed by atoms with Gasteiger partial charge in [-0.3, -0.25) is 0 Å². The Morgan fingerprint density at radius 2 is 0.645 bits per heavy atom. The Hall–Kier alpha value is -0.280. The van der Waals surface area contributed by atoms with E-state index in [0.717, 1.165) is 147 Å². The van der Waals surface area contributed by atoms with E-state index in [9.17, 15) is 10.2 Å². The van der Waals surface area contributed by atoms with Gasteiger partial charge in [0.1, 0.15) is 6.10 Å².